The van der Waals surface area contributed by atoms with Crippen molar-refractivity contribution in [2.45, 2.75) is 0 Å². The van der Waals surface area contributed by atoms with Crippen LogP contribution in [0.3, 0.4) is 0 Å². The third kappa shape index (κ3) is 2.82. The van der Waals surface area contributed by atoms with Gasteiger partial charge in [-0.25, -0.2) is 0 Å². The van der Waals surface area contributed by atoms with Crippen molar-refractivity contribution in [2.75, 3.05) is 0 Å². The van der Waals surface area contributed by atoms with E-state index in [0.717, 1.165) is 0 Å². The lowest BCUT2D eigenvalue weighted by molar-refractivity contribution is 0.383. The summed E-state index contributed by atoms with van der Waals surface area (Å²) >= 11 is 5.13. The third-order valence-corrected chi connectivity index (χ3v) is 2.00. The standard InChI is InChI=1S/C4H6ClO3P/c1-3(5)4(2)9(6,7)8/h1-2H2,(H2,6,7,8). The highest BCUT2D eigenvalue weighted by Crippen LogP contribution is 2.47. The SMILES string of the molecule is C=C(Cl)C(=C)P(=O)(O)O. The van der Waals surface area contributed by atoms with Crippen LogP contribution in [-0.2, 0) is 4.57 Å². The zero-order chi connectivity index (χ0) is 7.65. The number of rotatable bonds is 2. The van der Waals surface area contributed by atoms with Crippen molar-refractivity contribution in [3.05, 3.63) is 23.5 Å². The maximum atomic E-state index is 10.2. The molecule has 3 nitrogen and oxygen atoms in total. The fourth-order valence-corrected chi connectivity index (χ4v) is 0.804. The molecular formula is C4H6ClO3P. The summed E-state index contributed by atoms with van der Waals surface area (Å²) in [6, 6.07) is 0. The molecular weight excluding hydrogens is 162 g/mol. The van der Waals surface area contributed by atoms with E-state index >= 15 is 0 Å². The van der Waals surface area contributed by atoms with Crippen molar-refractivity contribution >= 4 is 19.2 Å². The number of hydrogen-bond donors (Lipinski definition) is 2. The summed E-state index contributed by atoms with van der Waals surface area (Å²) in [6.45, 7) is 6.13. The molecule has 0 unspecified atom stereocenters. The van der Waals surface area contributed by atoms with Crippen LogP contribution in [-0.4, -0.2) is 9.79 Å². The summed E-state index contributed by atoms with van der Waals surface area (Å²) in [5.74, 6) is 0. The van der Waals surface area contributed by atoms with Crippen molar-refractivity contribution in [3.63, 3.8) is 0 Å². The Kier molecular flexibility index (Phi) is 2.65. The van der Waals surface area contributed by atoms with E-state index in [1.807, 2.05) is 0 Å². The van der Waals surface area contributed by atoms with Gasteiger partial charge in [-0.2, -0.15) is 0 Å². The van der Waals surface area contributed by atoms with Crippen LogP contribution in [0.1, 0.15) is 0 Å². The molecule has 0 rings (SSSR count). The average Bonchev–Trinajstić information content (AvgIpc) is 1.62. The van der Waals surface area contributed by atoms with Crippen LogP contribution in [0.2, 0.25) is 0 Å². The van der Waals surface area contributed by atoms with Crippen molar-refractivity contribution in [1.29, 1.82) is 0 Å². The van der Waals surface area contributed by atoms with Gasteiger partial charge in [0, 0.05) is 5.03 Å². The van der Waals surface area contributed by atoms with Crippen LogP contribution in [0.4, 0.5) is 0 Å². The Morgan fingerprint density at radius 3 is 1.78 bits per heavy atom. The molecule has 0 atom stereocenters. The minimum absolute atomic E-state index is 0.205. The molecule has 0 saturated heterocycles. The summed E-state index contributed by atoms with van der Waals surface area (Å²) in [6.07, 6.45) is 0. The lowest BCUT2D eigenvalue weighted by Crippen LogP contribution is -1.81. The highest BCUT2D eigenvalue weighted by Gasteiger charge is 2.19. The van der Waals surface area contributed by atoms with Gasteiger partial charge in [-0.1, -0.05) is 24.8 Å². The van der Waals surface area contributed by atoms with E-state index in [-0.39, 0.29) is 5.03 Å². The van der Waals surface area contributed by atoms with E-state index < -0.39 is 12.9 Å². The molecule has 0 spiro atoms. The lowest BCUT2D eigenvalue weighted by atomic mass is 10.6. The van der Waals surface area contributed by atoms with E-state index in [0.29, 0.717) is 0 Å². The van der Waals surface area contributed by atoms with E-state index in [1.54, 1.807) is 0 Å². The molecule has 0 heterocycles. The molecule has 52 valence electrons. The Labute approximate surface area is 57.8 Å². The predicted molar refractivity (Wildman–Crippen MR) is 36.2 cm³/mol. The van der Waals surface area contributed by atoms with Crippen LogP contribution in [0, 0.1) is 0 Å². The van der Waals surface area contributed by atoms with Gasteiger partial charge in [0.2, 0.25) is 0 Å². The van der Waals surface area contributed by atoms with Crippen LogP contribution in [0.5, 0.6) is 0 Å². The topological polar surface area (TPSA) is 57.5 Å². The highest BCUT2D eigenvalue weighted by molar-refractivity contribution is 7.57. The summed E-state index contributed by atoms with van der Waals surface area (Å²) < 4.78 is 10.2. The highest BCUT2D eigenvalue weighted by atomic mass is 35.5. The molecule has 0 aliphatic rings. The first-order valence-electron chi connectivity index (χ1n) is 1.95. The first-order valence-corrected chi connectivity index (χ1v) is 3.94. The quantitative estimate of drug-likeness (QED) is 0.484. The molecule has 0 amide bonds. The van der Waals surface area contributed by atoms with Gasteiger partial charge in [0.15, 0.2) is 0 Å². The van der Waals surface area contributed by atoms with Gasteiger partial charge < -0.3 is 9.79 Å². The summed E-state index contributed by atoms with van der Waals surface area (Å²) in [5.41, 5.74) is 0. The second kappa shape index (κ2) is 2.67. The lowest BCUT2D eigenvalue weighted by Gasteiger charge is -2.03. The molecule has 0 radical (unpaired) electrons. The fourth-order valence-electron chi connectivity index (χ4n) is 0.158. The normalized spacial score (nSPS) is 11.0. The van der Waals surface area contributed by atoms with Crippen LogP contribution >= 0.6 is 19.2 Å². The Hall–Kier alpha value is -0.0800. The fraction of sp³-hybridized carbons (Fsp3) is 0. The third-order valence-electron chi connectivity index (χ3n) is 0.665. The van der Waals surface area contributed by atoms with Crippen LogP contribution < -0.4 is 0 Å². The monoisotopic (exact) mass is 168 g/mol. The molecule has 0 bridgehead atoms. The molecule has 0 aromatic heterocycles. The molecule has 0 fully saturated rings. The number of hydrogen-bond acceptors (Lipinski definition) is 1. The molecule has 2 N–H and O–H groups in total. The van der Waals surface area contributed by atoms with Gasteiger partial charge in [0.05, 0.1) is 5.31 Å². The van der Waals surface area contributed by atoms with Gasteiger partial charge in [-0.3, -0.25) is 4.57 Å². The molecule has 5 heteroatoms. The smallest absolute Gasteiger partial charge is 0.321 e. The molecule has 0 saturated carbocycles. The Bertz CT molecular complexity index is 192. The zero-order valence-electron chi connectivity index (χ0n) is 4.54. The van der Waals surface area contributed by atoms with Gasteiger partial charge in [-0.05, 0) is 0 Å². The molecule has 0 aromatic rings. The molecule has 0 aromatic carbocycles. The van der Waals surface area contributed by atoms with E-state index in [1.165, 1.54) is 0 Å². The molecule has 9 heavy (non-hydrogen) atoms. The Balaban J connectivity index is 4.43. The predicted octanol–water partition coefficient (Wildman–Crippen LogP) is 1.43. The summed E-state index contributed by atoms with van der Waals surface area (Å²) in [7, 11) is -4.24. The minimum Gasteiger partial charge on any atom is -0.321 e. The van der Waals surface area contributed by atoms with Gasteiger partial charge >= 0.3 is 7.60 Å². The zero-order valence-corrected chi connectivity index (χ0v) is 6.19. The number of halogens is 1. The second-order valence-corrected chi connectivity index (χ2v) is 3.48. The van der Waals surface area contributed by atoms with E-state index in [2.05, 4.69) is 13.2 Å². The van der Waals surface area contributed by atoms with E-state index in [9.17, 15) is 4.57 Å². The maximum Gasteiger partial charge on any atom is 0.357 e. The van der Waals surface area contributed by atoms with Crippen molar-refractivity contribution in [1.82, 2.24) is 0 Å². The maximum absolute atomic E-state index is 10.2. The van der Waals surface area contributed by atoms with Crippen LogP contribution in [0.25, 0.3) is 0 Å². The van der Waals surface area contributed by atoms with Crippen molar-refractivity contribution in [3.8, 4) is 0 Å². The van der Waals surface area contributed by atoms with Crippen molar-refractivity contribution in [2.24, 2.45) is 0 Å². The van der Waals surface area contributed by atoms with Gasteiger partial charge in [-0.15, -0.1) is 0 Å². The summed E-state index contributed by atoms with van der Waals surface area (Å²) in [4.78, 5) is 16.6. The van der Waals surface area contributed by atoms with Gasteiger partial charge in [0.1, 0.15) is 0 Å². The largest absolute Gasteiger partial charge is 0.357 e. The molecule has 0 aliphatic heterocycles. The van der Waals surface area contributed by atoms with Crippen LogP contribution in [0.15, 0.2) is 23.5 Å². The average molecular weight is 169 g/mol. The molecule has 0 aliphatic carbocycles. The summed E-state index contributed by atoms with van der Waals surface area (Å²) in [5, 5.41) is -0.632. The first-order chi connectivity index (χ1) is 3.85. The second-order valence-electron chi connectivity index (χ2n) is 1.40. The minimum atomic E-state index is -4.24. The van der Waals surface area contributed by atoms with E-state index in [4.69, 9.17) is 21.4 Å². The van der Waals surface area contributed by atoms with Gasteiger partial charge in [0.25, 0.3) is 0 Å². The van der Waals surface area contributed by atoms with Crippen molar-refractivity contribution < 1.29 is 14.4 Å². The Morgan fingerprint density at radius 1 is 1.44 bits per heavy atom. The first kappa shape index (κ1) is 8.92. The Morgan fingerprint density at radius 2 is 1.78 bits per heavy atom. The number of allylic oxidation sites excluding steroid dienone is 2.